The molecule has 0 radical (unpaired) electrons. The van der Waals surface area contributed by atoms with Crippen LogP contribution in [0.4, 0.5) is 0 Å². The molecule has 0 amide bonds. The highest BCUT2D eigenvalue weighted by molar-refractivity contribution is 5.14. The second-order valence-corrected chi connectivity index (χ2v) is 4.75. The second-order valence-electron chi connectivity index (χ2n) is 4.75. The van der Waals surface area contributed by atoms with Gasteiger partial charge >= 0.3 is 0 Å². The molecule has 0 bridgehead atoms. The van der Waals surface area contributed by atoms with Gasteiger partial charge in [-0.2, -0.15) is 0 Å². The van der Waals surface area contributed by atoms with Crippen molar-refractivity contribution >= 4 is 0 Å². The molecular formula is C12H20O. The monoisotopic (exact) mass is 180 g/mol. The van der Waals surface area contributed by atoms with Gasteiger partial charge in [-0.05, 0) is 23.7 Å². The number of rotatable bonds is 3. The molecule has 1 atom stereocenters. The zero-order valence-corrected chi connectivity index (χ0v) is 8.88. The van der Waals surface area contributed by atoms with Gasteiger partial charge in [-0.3, -0.25) is 0 Å². The van der Waals surface area contributed by atoms with Crippen molar-refractivity contribution in [3.8, 4) is 0 Å². The first-order valence-corrected chi connectivity index (χ1v) is 4.95. The van der Waals surface area contributed by atoms with E-state index in [0.29, 0.717) is 5.41 Å². The predicted molar refractivity (Wildman–Crippen MR) is 56.5 cm³/mol. The summed E-state index contributed by atoms with van der Waals surface area (Å²) in [5.74, 6) is 0. The van der Waals surface area contributed by atoms with E-state index in [9.17, 15) is 0 Å². The van der Waals surface area contributed by atoms with E-state index in [1.54, 1.807) is 0 Å². The van der Waals surface area contributed by atoms with E-state index < -0.39 is 0 Å². The van der Waals surface area contributed by atoms with Crippen molar-refractivity contribution in [1.82, 2.24) is 0 Å². The highest BCUT2D eigenvalue weighted by Crippen LogP contribution is 2.50. The van der Waals surface area contributed by atoms with Crippen LogP contribution >= 0.6 is 0 Å². The summed E-state index contributed by atoms with van der Waals surface area (Å²) in [6.45, 7) is 7.03. The van der Waals surface area contributed by atoms with Crippen LogP contribution < -0.4 is 0 Å². The first-order chi connectivity index (χ1) is 6.02. The average Bonchev–Trinajstić information content (AvgIpc) is 2.28. The molecular weight excluding hydrogens is 160 g/mol. The molecule has 1 rings (SSSR count). The Bertz CT molecular complexity index is 225. The molecule has 1 heteroatoms. The summed E-state index contributed by atoms with van der Waals surface area (Å²) in [6, 6.07) is 0. The summed E-state index contributed by atoms with van der Waals surface area (Å²) >= 11 is 0. The van der Waals surface area contributed by atoms with Crippen molar-refractivity contribution in [3.63, 3.8) is 0 Å². The molecule has 0 aliphatic heterocycles. The Kier molecular flexibility index (Phi) is 2.97. The minimum absolute atomic E-state index is 0.157. The van der Waals surface area contributed by atoms with Crippen molar-refractivity contribution in [2.24, 2.45) is 10.8 Å². The lowest BCUT2D eigenvalue weighted by atomic mass is 9.67. The first-order valence-electron chi connectivity index (χ1n) is 4.95. The number of aliphatic hydroxyl groups excluding tert-OH is 1. The summed E-state index contributed by atoms with van der Waals surface area (Å²) in [6.07, 6.45) is 10.7. The molecule has 1 nitrogen and oxygen atoms in total. The van der Waals surface area contributed by atoms with Crippen LogP contribution in [0.3, 0.4) is 0 Å². The molecule has 0 saturated carbocycles. The van der Waals surface area contributed by atoms with Crippen LogP contribution in [-0.2, 0) is 0 Å². The van der Waals surface area contributed by atoms with Crippen LogP contribution in [0, 0.1) is 10.8 Å². The molecule has 0 aromatic carbocycles. The molecule has 0 aromatic heterocycles. The molecule has 0 heterocycles. The second kappa shape index (κ2) is 3.67. The molecule has 0 fully saturated rings. The molecule has 0 aromatic rings. The van der Waals surface area contributed by atoms with Gasteiger partial charge in [0.25, 0.3) is 0 Å². The molecule has 1 aliphatic rings. The molecule has 1 unspecified atom stereocenters. The van der Waals surface area contributed by atoms with Crippen LogP contribution in [0.2, 0.25) is 0 Å². The molecule has 1 aliphatic carbocycles. The maximum atomic E-state index is 8.65. The van der Waals surface area contributed by atoms with Gasteiger partial charge in [0.15, 0.2) is 0 Å². The lowest BCUT2D eigenvalue weighted by Gasteiger charge is -2.37. The van der Waals surface area contributed by atoms with E-state index in [4.69, 9.17) is 5.11 Å². The Morgan fingerprint density at radius 3 is 2.46 bits per heavy atom. The van der Waals surface area contributed by atoms with Gasteiger partial charge in [-0.25, -0.2) is 0 Å². The molecule has 74 valence electrons. The number of allylic oxidation sites excluding steroid dienone is 3. The van der Waals surface area contributed by atoms with Crippen LogP contribution in [0.25, 0.3) is 0 Å². The Morgan fingerprint density at radius 1 is 1.31 bits per heavy atom. The SMILES string of the molecule is CC1(C)C=CCC1(C)CC=CCO. The van der Waals surface area contributed by atoms with Gasteiger partial charge in [0.05, 0.1) is 6.61 Å². The molecule has 1 N–H and O–H groups in total. The number of hydrogen-bond acceptors (Lipinski definition) is 1. The van der Waals surface area contributed by atoms with Crippen molar-refractivity contribution in [2.45, 2.75) is 33.6 Å². The maximum absolute atomic E-state index is 8.65. The van der Waals surface area contributed by atoms with Gasteiger partial charge in [0.1, 0.15) is 0 Å². The van der Waals surface area contributed by atoms with Crippen LogP contribution in [0.1, 0.15) is 33.6 Å². The third-order valence-electron chi connectivity index (χ3n) is 3.50. The third kappa shape index (κ3) is 2.02. The Hall–Kier alpha value is -0.560. The Labute approximate surface area is 81.2 Å². The quantitative estimate of drug-likeness (QED) is 0.662. The van der Waals surface area contributed by atoms with Crippen molar-refractivity contribution in [2.75, 3.05) is 6.61 Å². The van der Waals surface area contributed by atoms with Crippen molar-refractivity contribution in [3.05, 3.63) is 24.3 Å². The average molecular weight is 180 g/mol. The molecule has 0 spiro atoms. The number of hydrogen-bond donors (Lipinski definition) is 1. The summed E-state index contributed by atoms with van der Waals surface area (Å²) in [5, 5.41) is 8.65. The van der Waals surface area contributed by atoms with Gasteiger partial charge in [0.2, 0.25) is 0 Å². The maximum Gasteiger partial charge on any atom is 0.0612 e. The van der Waals surface area contributed by atoms with Crippen molar-refractivity contribution in [1.29, 1.82) is 0 Å². The zero-order chi connectivity index (χ0) is 9.95. The summed E-state index contributed by atoms with van der Waals surface area (Å²) in [4.78, 5) is 0. The smallest absolute Gasteiger partial charge is 0.0612 e. The topological polar surface area (TPSA) is 20.2 Å². The summed E-state index contributed by atoms with van der Waals surface area (Å²) < 4.78 is 0. The highest BCUT2D eigenvalue weighted by atomic mass is 16.2. The fourth-order valence-corrected chi connectivity index (χ4v) is 1.84. The third-order valence-corrected chi connectivity index (χ3v) is 3.50. The lowest BCUT2D eigenvalue weighted by Crippen LogP contribution is -2.29. The zero-order valence-electron chi connectivity index (χ0n) is 8.88. The summed E-state index contributed by atoms with van der Waals surface area (Å²) in [7, 11) is 0. The fourth-order valence-electron chi connectivity index (χ4n) is 1.84. The van der Waals surface area contributed by atoms with Gasteiger partial charge in [0, 0.05) is 0 Å². The molecule has 13 heavy (non-hydrogen) atoms. The first kappa shape index (κ1) is 10.5. The van der Waals surface area contributed by atoms with E-state index in [1.807, 2.05) is 6.08 Å². The van der Waals surface area contributed by atoms with Gasteiger partial charge in [-0.1, -0.05) is 45.1 Å². The van der Waals surface area contributed by atoms with E-state index >= 15 is 0 Å². The van der Waals surface area contributed by atoms with Crippen LogP contribution in [-0.4, -0.2) is 11.7 Å². The van der Waals surface area contributed by atoms with E-state index in [1.165, 1.54) is 0 Å². The standard InChI is InChI=1S/C12H20O/c1-11(2)7-6-9-12(11,3)8-4-5-10-13/h4-7,13H,8-10H2,1-3H3. The minimum atomic E-state index is 0.157. The highest BCUT2D eigenvalue weighted by Gasteiger charge is 2.40. The van der Waals surface area contributed by atoms with Crippen molar-refractivity contribution < 1.29 is 5.11 Å². The van der Waals surface area contributed by atoms with Crippen LogP contribution in [0.5, 0.6) is 0 Å². The number of aliphatic hydroxyl groups is 1. The Balaban J connectivity index is 2.62. The van der Waals surface area contributed by atoms with E-state index in [0.717, 1.165) is 12.8 Å². The lowest BCUT2D eigenvalue weighted by molar-refractivity contribution is 0.166. The molecule has 0 saturated heterocycles. The largest absolute Gasteiger partial charge is 0.392 e. The normalized spacial score (nSPS) is 31.7. The van der Waals surface area contributed by atoms with Gasteiger partial charge in [-0.15, -0.1) is 0 Å². The van der Waals surface area contributed by atoms with Gasteiger partial charge < -0.3 is 5.11 Å². The minimum Gasteiger partial charge on any atom is -0.392 e. The van der Waals surface area contributed by atoms with E-state index in [-0.39, 0.29) is 12.0 Å². The van der Waals surface area contributed by atoms with Crippen LogP contribution in [0.15, 0.2) is 24.3 Å². The summed E-state index contributed by atoms with van der Waals surface area (Å²) in [5.41, 5.74) is 0.617. The Morgan fingerprint density at radius 2 is 2.00 bits per heavy atom. The fraction of sp³-hybridized carbons (Fsp3) is 0.667. The predicted octanol–water partition coefficient (Wildman–Crippen LogP) is 2.92. The van der Waals surface area contributed by atoms with E-state index in [2.05, 4.69) is 39.0 Å².